The second-order valence-electron chi connectivity index (χ2n) is 3.78. The smallest absolute Gasteiger partial charge is 0.224 e. The van der Waals surface area contributed by atoms with Gasteiger partial charge in [-0.05, 0) is 19.9 Å². The summed E-state index contributed by atoms with van der Waals surface area (Å²) >= 11 is 0. The average molecular weight is 216 g/mol. The number of hydrogen-bond acceptors (Lipinski definition) is 4. The van der Waals surface area contributed by atoms with Crippen molar-refractivity contribution in [3.05, 3.63) is 0 Å². The highest BCUT2D eigenvalue weighted by molar-refractivity contribution is 5.79. The van der Waals surface area contributed by atoms with Gasteiger partial charge in [-0.1, -0.05) is 0 Å². The van der Waals surface area contributed by atoms with Crippen LogP contribution in [0.1, 0.15) is 13.3 Å². The minimum absolute atomic E-state index is 0.0689. The summed E-state index contributed by atoms with van der Waals surface area (Å²) in [6.45, 7) is 3.34. The van der Waals surface area contributed by atoms with Gasteiger partial charge in [-0.2, -0.15) is 0 Å². The molecule has 0 aromatic rings. The van der Waals surface area contributed by atoms with E-state index in [-0.39, 0.29) is 24.2 Å². The van der Waals surface area contributed by atoms with Gasteiger partial charge >= 0.3 is 0 Å². The molecule has 5 nitrogen and oxygen atoms in total. The first kappa shape index (κ1) is 12.4. The molecule has 0 aliphatic carbocycles. The van der Waals surface area contributed by atoms with E-state index in [0.717, 1.165) is 13.0 Å². The zero-order valence-corrected chi connectivity index (χ0v) is 9.58. The van der Waals surface area contributed by atoms with Crippen LogP contribution in [-0.4, -0.2) is 45.5 Å². The number of methoxy groups -OCH3 is 2. The molecule has 15 heavy (non-hydrogen) atoms. The molecule has 0 radical (unpaired) electrons. The van der Waals surface area contributed by atoms with E-state index in [9.17, 15) is 4.79 Å². The third-order valence-corrected chi connectivity index (χ3v) is 2.83. The summed E-state index contributed by atoms with van der Waals surface area (Å²) in [5.74, 6) is 0.144. The SMILES string of the molecule is COC(CNC(=O)C1CCNC1C)OC. The maximum Gasteiger partial charge on any atom is 0.224 e. The van der Waals surface area contributed by atoms with Crippen LogP contribution in [0, 0.1) is 5.92 Å². The summed E-state index contributed by atoms with van der Waals surface area (Å²) in [6, 6.07) is 0.258. The lowest BCUT2D eigenvalue weighted by Crippen LogP contribution is -2.40. The summed E-state index contributed by atoms with van der Waals surface area (Å²) in [4.78, 5) is 11.7. The molecule has 88 valence electrons. The van der Waals surface area contributed by atoms with Crippen LogP contribution in [0.4, 0.5) is 0 Å². The number of carbonyl (C=O) groups excluding carboxylic acids is 1. The monoisotopic (exact) mass is 216 g/mol. The van der Waals surface area contributed by atoms with Gasteiger partial charge < -0.3 is 20.1 Å². The molecule has 0 aromatic heterocycles. The molecule has 1 amide bonds. The minimum Gasteiger partial charge on any atom is -0.354 e. The summed E-state index contributed by atoms with van der Waals surface area (Å²) < 4.78 is 9.97. The lowest BCUT2D eigenvalue weighted by atomic mass is 10.0. The highest BCUT2D eigenvalue weighted by Crippen LogP contribution is 2.14. The predicted molar refractivity (Wildman–Crippen MR) is 56.4 cm³/mol. The number of ether oxygens (including phenoxy) is 2. The Morgan fingerprint density at radius 2 is 2.20 bits per heavy atom. The lowest BCUT2D eigenvalue weighted by Gasteiger charge is -2.18. The molecular formula is C10H20N2O3. The van der Waals surface area contributed by atoms with Gasteiger partial charge in [-0.3, -0.25) is 4.79 Å². The fraction of sp³-hybridized carbons (Fsp3) is 0.900. The number of hydrogen-bond donors (Lipinski definition) is 2. The van der Waals surface area contributed by atoms with Crippen molar-refractivity contribution in [2.45, 2.75) is 25.7 Å². The van der Waals surface area contributed by atoms with Crippen molar-refractivity contribution in [1.82, 2.24) is 10.6 Å². The topological polar surface area (TPSA) is 59.6 Å². The summed E-state index contributed by atoms with van der Waals surface area (Å²) in [6.07, 6.45) is 0.538. The van der Waals surface area contributed by atoms with E-state index < -0.39 is 0 Å². The van der Waals surface area contributed by atoms with E-state index in [4.69, 9.17) is 9.47 Å². The summed E-state index contributed by atoms with van der Waals surface area (Å²) in [5, 5.41) is 6.07. The molecule has 1 aliphatic heterocycles. The predicted octanol–water partition coefficient (Wildman–Crippen LogP) is -0.280. The van der Waals surface area contributed by atoms with Gasteiger partial charge in [0.05, 0.1) is 12.5 Å². The van der Waals surface area contributed by atoms with Gasteiger partial charge in [0.25, 0.3) is 0 Å². The van der Waals surface area contributed by atoms with E-state index in [2.05, 4.69) is 10.6 Å². The standard InChI is InChI=1S/C10H20N2O3/c1-7-8(4-5-11-7)10(13)12-6-9(14-2)15-3/h7-9,11H,4-6H2,1-3H3,(H,12,13). The van der Waals surface area contributed by atoms with Crippen molar-refractivity contribution in [2.75, 3.05) is 27.3 Å². The largest absolute Gasteiger partial charge is 0.354 e. The Morgan fingerprint density at radius 3 is 2.67 bits per heavy atom. The molecule has 1 rings (SSSR count). The quantitative estimate of drug-likeness (QED) is 0.621. The van der Waals surface area contributed by atoms with Gasteiger partial charge in [-0.15, -0.1) is 0 Å². The first-order valence-electron chi connectivity index (χ1n) is 5.25. The van der Waals surface area contributed by atoms with Crippen molar-refractivity contribution >= 4 is 5.91 Å². The lowest BCUT2D eigenvalue weighted by molar-refractivity contribution is -0.131. The highest BCUT2D eigenvalue weighted by Gasteiger charge is 2.29. The van der Waals surface area contributed by atoms with Crippen molar-refractivity contribution in [3.63, 3.8) is 0 Å². The Labute approximate surface area is 90.5 Å². The molecule has 0 saturated carbocycles. The van der Waals surface area contributed by atoms with Crippen molar-refractivity contribution < 1.29 is 14.3 Å². The van der Waals surface area contributed by atoms with Crippen LogP contribution < -0.4 is 10.6 Å². The second-order valence-corrected chi connectivity index (χ2v) is 3.78. The molecule has 0 bridgehead atoms. The molecule has 1 saturated heterocycles. The normalized spacial score (nSPS) is 25.9. The molecule has 2 atom stereocenters. The average Bonchev–Trinajstić information content (AvgIpc) is 2.66. The fourth-order valence-corrected chi connectivity index (χ4v) is 1.79. The van der Waals surface area contributed by atoms with Gasteiger partial charge in [0, 0.05) is 20.3 Å². The van der Waals surface area contributed by atoms with Crippen LogP contribution in [0.3, 0.4) is 0 Å². The maximum atomic E-state index is 11.7. The van der Waals surface area contributed by atoms with Crippen LogP contribution in [-0.2, 0) is 14.3 Å². The van der Waals surface area contributed by atoms with E-state index in [1.807, 2.05) is 6.92 Å². The van der Waals surface area contributed by atoms with Crippen LogP contribution in [0.2, 0.25) is 0 Å². The molecule has 2 unspecified atom stereocenters. The molecule has 0 aromatic carbocycles. The molecule has 1 heterocycles. The molecule has 5 heteroatoms. The van der Waals surface area contributed by atoms with Crippen molar-refractivity contribution in [2.24, 2.45) is 5.92 Å². The van der Waals surface area contributed by atoms with Crippen molar-refractivity contribution in [3.8, 4) is 0 Å². The molecule has 2 N–H and O–H groups in total. The Hall–Kier alpha value is -0.650. The molecule has 0 spiro atoms. The number of nitrogens with one attached hydrogen (secondary N) is 2. The summed E-state index contributed by atoms with van der Waals surface area (Å²) in [7, 11) is 3.11. The van der Waals surface area contributed by atoms with Crippen LogP contribution in [0.25, 0.3) is 0 Å². The minimum atomic E-state index is -0.362. The van der Waals surface area contributed by atoms with Gasteiger partial charge in [0.1, 0.15) is 0 Å². The Balaban J connectivity index is 2.29. The number of carbonyl (C=O) groups is 1. The molecule has 1 fully saturated rings. The molecular weight excluding hydrogens is 196 g/mol. The molecule has 1 aliphatic rings. The van der Waals surface area contributed by atoms with Gasteiger partial charge in [0.2, 0.25) is 5.91 Å². The van der Waals surface area contributed by atoms with Crippen LogP contribution in [0.5, 0.6) is 0 Å². The van der Waals surface area contributed by atoms with E-state index in [0.29, 0.717) is 6.54 Å². The third kappa shape index (κ3) is 3.44. The van der Waals surface area contributed by atoms with E-state index in [1.165, 1.54) is 0 Å². The highest BCUT2D eigenvalue weighted by atomic mass is 16.7. The second kappa shape index (κ2) is 6.05. The number of amides is 1. The Kier molecular flexibility index (Phi) is 5.01. The van der Waals surface area contributed by atoms with Crippen LogP contribution in [0.15, 0.2) is 0 Å². The summed E-state index contributed by atoms with van der Waals surface area (Å²) in [5.41, 5.74) is 0. The zero-order chi connectivity index (χ0) is 11.3. The first-order chi connectivity index (χ1) is 7.19. The number of rotatable bonds is 5. The van der Waals surface area contributed by atoms with Crippen LogP contribution >= 0.6 is 0 Å². The fourth-order valence-electron chi connectivity index (χ4n) is 1.79. The third-order valence-electron chi connectivity index (χ3n) is 2.83. The van der Waals surface area contributed by atoms with E-state index in [1.54, 1.807) is 14.2 Å². The van der Waals surface area contributed by atoms with Gasteiger partial charge in [0.15, 0.2) is 6.29 Å². The van der Waals surface area contributed by atoms with Crippen molar-refractivity contribution in [1.29, 1.82) is 0 Å². The van der Waals surface area contributed by atoms with Gasteiger partial charge in [-0.25, -0.2) is 0 Å². The first-order valence-corrected chi connectivity index (χ1v) is 5.25. The Morgan fingerprint density at radius 1 is 1.53 bits per heavy atom. The Bertz CT molecular complexity index is 207. The zero-order valence-electron chi connectivity index (χ0n) is 9.58. The maximum absolute atomic E-state index is 11.7. The van der Waals surface area contributed by atoms with E-state index >= 15 is 0 Å².